The SMILES string of the molecule is COc1ccc(-c2nc(C)c(C(=O)O)n2Cc2cccc3ccccc23)c(OC)n1. The molecule has 0 unspecified atom stereocenters. The zero-order valence-electron chi connectivity index (χ0n) is 16.9. The van der Waals surface area contributed by atoms with Crippen LogP contribution in [0.1, 0.15) is 21.7 Å². The summed E-state index contributed by atoms with van der Waals surface area (Å²) in [6.45, 7) is 2.03. The number of nitrogens with zero attached hydrogens (tertiary/aromatic N) is 3. The lowest BCUT2D eigenvalue weighted by molar-refractivity contribution is 0.0685. The number of aromatic nitrogens is 3. The number of hydrogen-bond acceptors (Lipinski definition) is 5. The van der Waals surface area contributed by atoms with Crippen LogP contribution < -0.4 is 9.47 Å². The minimum Gasteiger partial charge on any atom is -0.481 e. The molecule has 0 atom stereocenters. The molecule has 0 saturated carbocycles. The molecule has 0 spiro atoms. The third-order valence-electron chi connectivity index (χ3n) is 5.03. The number of imidazole rings is 1. The number of rotatable bonds is 6. The second kappa shape index (κ2) is 7.87. The number of pyridine rings is 1. The summed E-state index contributed by atoms with van der Waals surface area (Å²) < 4.78 is 12.3. The van der Waals surface area contributed by atoms with E-state index < -0.39 is 5.97 Å². The molecule has 2 aromatic carbocycles. The molecule has 0 aliphatic rings. The Kier molecular flexibility index (Phi) is 5.10. The Morgan fingerprint density at radius 2 is 1.77 bits per heavy atom. The number of aryl methyl sites for hydroxylation is 1. The van der Waals surface area contributed by atoms with Crippen molar-refractivity contribution in [2.45, 2.75) is 13.5 Å². The lowest BCUT2D eigenvalue weighted by Gasteiger charge is -2.14. The fourth-order valence-electron chi connectivity index (χ4n) is 3.67. The second-order valence-electron chi connectivity index (χ2n) is 6.81. The van der Waals surface area contributed by atoms with E-state index in [1.165, 1.54) is 14.2 Å². The quantitative estimate of drug-likeness (QED) is 0.520. The van der Waals surface area contributed by atoms with Gasteiger partial charge in [0, 0.05) is 6.07 Å². The zero-order valence-corrected chi connectivity index (χ0v) is 16.9. The molecule has 0 aliphatic heterocycles. The summed E-state index contributed by atoms with van der Waals surface area (Å²) >= 11 is 0. The molecule has 4 aromatic rings. The molecule has 152 valence electrons. The maximum atomic E-state index is 12.1. The van der Waals surface area contributed by atoms with Gasteiger partial charge in [0.05, 0.1) is 32.0 Å². The summed E-state index contributed by atoms with van der Waals surface area (Å²) in [5.41, 5.74) is 2.15. The molecule has 0 aliphatic carbocycles. The molecule has 1 N–H and O–H groups in total. The molecule has 7 heteroatoms. The van der Waals surface area contributed by atoms with Crippen LogP contribution >= 0.6 is 0 Å². The van der Waals surface area contributed by atoms with Crippen LogP contribution in [0.2, 0.25) is 0 Å². The van der Waals surface area contributed by atoms with Gasteiger partial charge >= 0.3 is 5.97 Å². The van der Waals surface area contributed by atoms with Gasteiger partial charge in [-0.3, -0.25) is 0 Å². The standard InChI is InChI=1S/C23H21N3O4/c1-14-20(23(27)28)26(13-16-9-6-8-15-7-4-5-10-17(15)16)21(24-14)18-11-12-19(29-2)25-22(18)30-3/h4-12H,13H2,1-3H3,(H,27,28). The van der Waals surface area contributed by atoms with Crippen LogP contribution in [0.5, 0.6) is 11.8 Å². The van der Waals surface area contributed by atoms with E-state index in [-0.39, 0.29) is 5.69 Å². The molecule has 0 bridgehead atoms. The van der Waals surface area contributed by atoms with Crippen molar-refractivity contribution < 1.29 is 19.4 Å². The molecule has 4 rings (SSSR count). The summed E-state index contributed by atoms with van der Waals surface area (Å²) in [4.78, 5) is 21.0. The van der Waals surface area contributed by atoms with Crippen molar-refractivity contribution in [1.82, 2.24) is 14.5 Å². The average molecular weight is 403 g/mol. The predicted molar refractivity (Wildman–Crippen MR) is 113 cm³/mol. The normalized spacial score (nSPS) is 10.9. The van der Waals surface area contributed by atoms with E-state index in [1.807, 2.05) is 42.5 Å². The van der Waals surface area contributed by atoms with Gasteiger partial charge in [0.2, 0.25) is 11.8 Å². The topological polar surface area (TPSA) is 86.5 Å². The summed E-state index contributed by atoms with van der Waals surface area (Å²) in [6, 6.07) is 17.5. The first-order valence-electron chi connectivity index (χ1n) is 9.40. The third kappa shape index (κ3) is 3.34. The molecule has 2 heterocycles. The molecular weight excluding hydrogens is 382 g/mol. The Bertz CT molecular complexity index is 1240. The van der Waals surface area contributed by atoms with Crippen LogP contribution in [0.25, 0.3) is 22.2 Å². The molecule has 7 nitrogen and oxygen atoms in total. The fraction of sp³-hybridized carbons (Fsp3) is 0.174. The first kappa shape index (κ1) is 19.4. The van der Waals surface area contributed by atoms with Gasteiger partial charge in [-0.25, -0.2) is 9.78 Å². The number of carboxylic acid groups (broad SMARTS) is 1. The maximum Gasteiger partial charge on any atom is 0.354 e. The third-order valence-corrected chi connectivity index (χ3v) is 5.03. The first-order valence-corrected chi connectivity index (χ1v) is 9.40. The lowest BCUT2D eigenvalue weighted by Crippen LogP contribution is -2.12. The van der Waals surface area contributed by atoms with Gasteiger partial charge in [-0.2, -0.15) is 4.98 Å². The van der Waals surface area contributed by atoms with E-state index in [1.54, 1.807) is 23.6 Å². The van der Waals surface area contributed by atoms with E-state index in [0.717, 1.165) is 16.3 Å². The van der Waals surface area contributed by atoms with Crippen molar-refractivity contribution in [2.75, 3.05) is 14.2 Å². The number of carbonyl (C=O) groups is 1. The van der Waals surface area contributed by atoms with E-state index in [9.17, 15) is 9.90 Å². The van der Waals surface area contributed by atoms with Crippen molar-refractivity contribution in [1.29, 1.82) is 0 Å². The largest absolute Gasteiger partial charge is 0.481 e. The number of methoxy groups -OCH3 is 2. The molecule has 0 amide bonds. The van der Waals surface area contributed by atoms with Gasteiger partial charge < -0.3 is 19.1 Å². The lowest BCUT2D eigenvalue weighted by atomic mass is 10.0. The number of aromatic carboxylic acids is 1. The highest BCUT2D eigenvalue weighted by Crippen LogP contribution is 2.32. The van der Waals surface area contributed by atoms with Gasteiger partial charge in [0.1, 0.15) is 5.82 Å². The van der Waals surface area contributed by atoms with Crippen LogP contribution in [-0.2, 0) is 6.54 Å². The highest BCUT2D eigenvalue weighted by atomic mass is 16.5. The van der Waals surface area contributed by atoms with Crippen molar-refractivity contribution in [3.63, 3.8) is 0 Å². The van der Waals surface area contributed by atoms with Gasteiger partial charge in [0.25, 0.3) is 0 Å². The van der Waals surface area contributed by atoms with Crippen molar-refractivity contribution in [3.05, 3.63) is 71.5 Å². The molecule has 0 fully saturated rings. The van der Waals surface area contributed by atoms with Crippen LogP contribution in [0.15, 0.2) is 54.6 Å². The minimum absolute atomic E-state index is 0.135. The smallest absolute Gasteiger partial charge is 0.354 e. The second-order valence-corrected chi connectivity index (χ2v) is 6.81. The van der Waals surface area contributed by atoms with Crippen LogP contribution in [0.3, 0.4) is 0 Å². The summed E-state index contributed by atoms with van der Waals surface area (Å²) in [5, 5.41) is 12.0. The summed E-state index contributed by atoms with van der Waals surface area (Å²) in [7, 11) is 3.03. The van der Waals surface area contributed by atoms with Gasteiger partial charge in [-0.05, 0) is 29.3 Å². The molecule has 30 heavy (non-hydrogen) atoms. The van der Waals surface area contributed by atoms with Crippen molar-refractivity contribution in [2.24, 2.45) is 0 Å². The monoisotopic (exact) mass is 403 g/mol. The minimum atomic E-state index is -1.04. The van der Waals surface area contributed by atoms with E-state index in [0.29, 0.717) is 35.4 Å². The Hall–Kier alpha value is -3.87. The Labute approximate surface area is 173 Å². The number of fused-ring (bicyclic) bond motifs is 1. The number of ether oxygens (including phenoxy) is 2. The van der Waals surface area contributed by atoms with E-state index in [4.69, 9.17) is 9.47 Å². The number of carboxylic acids is 1. The van der Waals surface area contributed by atoms with Gasteiger partial charge in [-0.1, -0.05) is 42.5 Å². The Balaban J connectivity index is 1.92. The Morgan fingerprint density at radius 1 is 1.00 bits per heavy atom. The predicted octanol–water partition coefficient (Wildman–Crippen LogP) is 4.17. The molecule has 2 aromatic heterocycles. The highest BCUT2D eigenvalue weighted by molar-refractivity contribution is 5.89. The Morgan fingerprint density at radius 3 is 2.50 bits per heavy atom. The van der Waals surface area contributed by atoms with Gasteiger partial charge in [0.15, 0.2) is 5.69 Å². The first-order chi connectivity index (χ1) is 14.5. The fourth-order valence-corrected chi connectivity index (χ4v) is 3.67. The molecule has 0 radical (unpaired) electrons. The summed E-state index contributed by atoms with van der Waals surface area (Å²) in [6.07, 6.45) is 0. The van der Waals surface area contributed by atoms with E-state index >= 15 is 0 Å². The van der Waals surface area contributed by atoms with E-state index in [2.05, 4.69) is 9.97 Å². The zero-order chi connectivity index (χ0) is 21.3. The van der Waals surface area contributed by atoms with Crippen LogP contribution in [0.4, 0.5) is 0 Å². The van der Waals surface area contributed by atoms with Crippen molar-refractivity contribution in [3.8, 4) is 23.1 Å². The number of hydrogen-bond donors (Lipinski definition) is 1. The summed E-state index contributed by atoms with van der Waals surface area (Å²) in [5.74, 6) is 0.158. The maximum absolute atomic E-state index is 12.1. The average Bonchev–Trinajstić information content (AvgIpc) is 3.09. The van der Waals surface area contributed by atoms with Gasteiger partial charge in [-0.15, -0.1) is 0 Å². The van der Waals surface area contributed by atoms with Crippen molar-refractivity contribution >= 4 is 16.7 Å². The van der Waals surface area contributed by atoms with Crippen LogP contribution in [-0.4, -0.2) is 39.8 Å². The molecular formula is C23H21N3O4. The highest BCUT2D eigenvalue weighted by Gasteiger charge is 2.24. The number of benzene rings is 2. The molecule has 0 saturated heterocycles. The van der Waals surface area contributed by atoms with Crippen LogP contribution in [0, 0.1) is 6.92 Å².